The molecule has 3 nitrogen and oxygen atoms in total. The van der Waals surface area contributed by atoms with Gasteiger partial charge in [-0.15, -0.1) is 11.3 Å². The average Bonchev–Trinajstić information content (AvgIpc) is 2.88. The first-order chi connectivity index (χ1) is 10.3. The van der Waals surface area contributed by atoms with Crippen LogP contribution in [0.1, 0.15) is 10.4 Å². The molecule has 0 spiro atoms. The first-order valence-corrected chi connectivity index (χ1v) is 7.76. The van der Waals surface area contributed by atoms with Gasteiger partial charge in [-0.2, -0.15) is 13.2 Å². The van der Waals surface area contributed by atoms with E-state index < -0.39 is 17.6 Å². The number of hydrogen-bond acceptors (Lipinski definition) is 3. The highest BCUT2D eigenvalue weighted by molar-refractivity contribution is 9.11. The predicted octanol–water partition coefficient (Wildman–Crippen LogP) is 4.22. The molecule has 0 saturated carbocycles. The quantitative estimate of drug-likeness (QED) is 0.825. The fourth-order valence-corrected chi connectivity index (χ4v) is 3.02. The molecular formula is C14H11BrF3NO2S. The number of halogens is 4. The number of amides is 1. The largest absolute Gasteiger partial charge is 0.484 e. The minimum Gasteiger partial charge on any atom is -0.484 e. The Morgan fingerprint density at radius 2 is 2.05 bits per heavy atom. The second-order valence-corrected chi connectivity index (χ2v) is 6.84. The fourth-order valence-electron chi connectivity index (χ4n) is 1.59. The number of thiophene rings is 1. The summed E-state index contributed by atoms with van der Waals surface area (Å²) >= 11 is 4.80. The van der Waals surface area contributed by atoms with E-state index >= 15 is 0 Å². The van der Waals surface area contributed by atoms with Crippen LogP contribution in [0.5, 0.6) is 5.75 Å². The van der Waals surface area contributed by atoms with E-state index in [2.05, 4.69) is 21.2 Å². The smallest absolute Gasteiger partial charge is 0.416 e. The molecule has 1 N–H and O–H groups in total. The summed E-state index contributed by atoms with van der Waals surface area (Å²) in [6.07, 6.45) is -4.44. The van der Waals surface area contributed by atoms with Gasteiger partial charge >= 0.3 is 6.18 Å². The summed E-state index contributed by atoms with van der Waals surface area (Å²) in [4.78, 5) is 12.6. The molecule has 1 heterocycles. The molecule has 2 aromatic rings. The summed E-state index contributed by atoms with van der Waals surface area (Å²) in [6, 6.07) is 8.15. The Balaban J connectivity index is 1.83. The summed E-state index contributed by atoms with van der Waals surface area (Å²) in [5.41, 5.74) is -0.811. The second kappa shape index (κ2) is 7.15. The van der Waals surface area contributed by atoms with Gasteiger partial charge in [0.25, 0.3) is 5.91 Å². The molecular weight excluding hydrogens is 383 g/mol. The molecule has 0 aliphatic rings. The molecule has 0 bridgehead atoms. The molecule has 22 heavy (non-hydrogen) atoms. The van der Waals surface area contributed by atoms with E-state index in [-0.39, 0.29) is 12.4 Å². The van der Waals surface area contributed by atoms with Crippen molar-refractivity contribution in [3.05, 3.63) is 50.6 Å². The van der Waals surface area contributed by atoms with Crippen molar-refractivity contribution in [2.75, 3.05) is 6.61 Å². The highest BCUT2D eigenvalue weighted by atomic mass is 79.9. The van der Waals surface area contributed by atoms with Crippen LogP contribution in [0.3, 0.4) is 0 Å². The van der Waals surface area contributed by atoms with Crippen LogP contribution < -0.4 is 10.1 Å². The Labute approximate surface area is 137 Å². The van der Waals surface area contributed by atoms with E-state index in [0.717, 1.165) is 20.8 Å². The highest BCUT2D eigenvalue weighted by Gasteiger charge is 2.30. The van der Waals surface area contributed by atoms with Crippen molar-refractivity contribution in [2.24, 2.45) is 0 Å². The van der Waals surface area contributed by atoms with E-state index in [4.69, 9.17) is 4.74 Å². The van der Waals surface area contributed by atoms with Crippen molar-refractivity contribution in [3.8, 4) is 5.75 Å². The van der Waals surface area contributed by atoms with Crippen molar-refractivity contribution in [1.82, 2.24) is 5.32 Å². The number of carbonyl (C=O) groups is 1. The van der Waals surface area contributed by atoms with Gasteiger partial charge in [0.1, 0.15) is 5.75 Å². The van der Waals surface area contributed by atoms with Crippen molar-refractivity contribution in [2.45, 2.75) is 12.7 Å². The molecule has 0 radical (unpaired) electrons. The van der Waals surface area contributed by atoms with Crippen LogP contribution in [0, 0.1) is 0 Å². The zero-order valence-corrected chi connectivity index (χ0v) is 13.5. The number of nitrogens with one attached hydrogen (secondary N) is 1. The van der Waals surface area contributed by atoms with Gasteiger partial charge in [-0.1, -0.05) is 6.07 Å². The SMILES string of the molecule is O=C(COc1cccc(C(F)(F)F)c1)NCc1ccc(Br)s1. The Morgan fingerprint density at radius 3 is 2.68 bits per heavy atom. The minimum atomic E-state index is -4.44. The summed E-state index contributed by atoms with van der Waals surface area (Å²) in [6.45, 7) is 0.00884. The molecule has 1 aromatic carbocycles. The molecule has 118 valence electrons. The molecule has 8 heteroatoms. The van der Waals surface area contributed by atoms with Crippen LogP contribution in [0.4, 0.5) is 13.2 Å². The maximum Gasteiger partial charge on any atom is 0.416 e. The van der Waals surface area contributed by atoms with Crippen LogP contribution in [-0.2, 0) is 17.5 Å². The van der Waals surface area contributed by atoms with Gasteiger partial charge in [0.2, 0.25) is 0 Å². The molecule has 0 aliphatic heterocycles. The van der Waals surface area contributed by atoms with E-state index in [1.54, 1.807) is 0 Å². The number of alkyl halides is 3. The van der Waals surface area contributed by atoms with E-state index in [1.807, 2.05) is 12.1 Å². The maximum atomic E-state index is 12.5. The lowest BCUT2D eigenvalue weighted by molar-refractivity contribution is -0.137. The summed E-state index contributed by atoms with van der Waals surface area (Å²) in [5.74, 6) is -0.397. The Kier molecular flexibility index (Phi) is 5.47. The Hall–Kier alpha value is -1.54. The van der Waals surface area contributed by atoms with E-state index in [0.29, 0.717) is 6.54 Å². The lowest BCUT2D eigenvalue weighted by Crippen LogP contribution is -2.28. The van der Waals surface area contributed by atoms with Crippen molar-refractivity contribution in [1.29, 1.82) is 0 Å². The first kappa shape index (κ1) is 16.8. The lowest BCUT2D eigenvalue weighted by atomic mass is 10.2. The number of ether oxygens (including phenoxy) is 1. The van der Waals surface area contributed by atoms with Crippen LogP contribution in [0.15, 0.2) is 40.2 Å². The molecule has 0 atom stereocenters. The molecule has 0 aliphatic carbocycles. The fraction of sp³-hybridized carbons (Fsp3) is 0.214. The maximum absolute atomic E-state index is 12.5. The summed E-state index contributed by atoms with van der Waals surface area (Å²) < 4.78 is 43.7. The molecule has 1 aromatic heterocycles. The van der Waals surface area contributed by atoms with Gasteiger partial charge in [0.05, 0.1) is 15.9 Å². The third-order valence-corrected chi connectivity index (χ3v) is 4.24. The summed E-state index contributed by atoms with van der Waals surface area (Å²) in [5, 5.41) is 2.63. The predicted molar refractivity (Wildman–Crippen MR) is 80.8 cm³/mol. The lowest BCUT2D eigenvalue weighted by Gasteiger charge is -2.10. The van der Waals surface area contributed by atoms with Crippen LogP contribution in [0.2, 0.25) is 0 Å². The van der Waals surface area contributed by atoms with Gasteiger partial charge in [-0.25, -0.2) is 0 Å². The minimum absolute atomic E-state index is 0.00356. The Bertz CT molecular complexity index is 658. The number of carbonyl (C=O) groups excluding carboxylic acids is 1. The molecule has 0 saturated heterocycles. The zero-order chi connectivity index (χ0) is 16.2. The van der Waals surface area contributed by atoms with Gasteiger partial charge < -0.3 is 10.1 Å². The standard InChI is InChI=1S/C14H11BrF3NO2S/c15-12-5-4-11(22-12)7-19-13(20)8-21-10-3-1-2-9(6-10)14(16,17)18/h1-6H,7-8H2,(H,19,20). The van der Waals surface area contributed by atoms with Crippen molar-refractivity contribution >= 4 is 33.2 Å². The average molecular weight is 394 g/mol. The normalized spacial score (nSPS) is 11.3. The number of hydrogen-bond donors (Lipinski definition) is 1. The summed E-state index contributed by atoms with van der Waals surface area (Å²) in [7, 11) is 0. The topological polar surface area (TPSA) is 38.3 Å². The second-order valence-electron chi connectivity index (χ2n) is 4.30. The van der Waals surface area contributed by atoms with Gasteiger partial charge in [0, 0.05) is 4.88 Å². The van der Waals surface area contributed by atoms with Crippen molar-refractivity contribution < 1.29 is 22.7 Å². The van der Waals surface area contributed by atoms with Crippen LogP contribution in [0.25, 0.3) is 0 Å². The number of benzene rings is 1. The molecule has 0 fully saturated rings. The third kappa shape index (κ3) is 5.03. The zero-order valence-electron chi connectivity index (χ0n) is 11.1. The van der Waals surface area contributed by atoms with Crippen LogP contribution in [-0.4, -0.2) is 12.5 Å². The molecule has 0 unspecified atom stereocenters. The monoisotopic (exact) mass is 393 g/mol. The molecule has 2 rings (SSSR count). The van der Waals surface area contributed by atoms with Gasteiger partial charge in [-0.05, 0) is 46.3 Å². The van der Waals surface area contributed by atoms with Crippen molar-refractivity contribution in [3.63, 3.8) is 0 Å². The third-order valence-electron chi connectivity index (χ3n) is 2.62. The Morgan fingerprint density at radius 1 is 1.27 bits per heavy atom. The number of rotatable bonds is 5. The first-order valence-electron chi connectivity index (χ1n) is 6.15. The highest BCUT2D eigenvalue weighted by Crippen LogP contribution is 2.31. The molecule has 1 amide bonds. The van der Waals surface area contributed by atoms with E-state index in [1.165, 1.54) is 23.5 Å². The van der Waals surface area contributed by atoms with E-state index in [9.17, 15) is 18.0 Å². The van der Waals surface area contributed by atoms with Gasteiger partial charge in [0.15, 0.2) is 6.61 Å². The van der Waals surface area contributed by atoms with Gasteiger partial charge in [-0.3, -0.25) is 4.79 Å². The van der Waals surface area contributed by atoms with Crippen LogP contribution >= 0.6 is 27.3 Å².